The van der Waals surface area contributed by atoms with Gasteiger partial charge in [0.2, 0.25) is 0 Å². The first-order valence-electron chi connectivity index (χ1n) is 6.13. The highest BCUT2D eigenvalue weighted by molar-refractivity contribution is 5.94. The second-order valence-corrected chi connectivity index (χ2v) is 3.98. The van der Waals surface area contributed by atoms with Crippen LogP contribution in [0.25, 0.3) is 0 Å². The first kappa shape index (κ1) is 14.1. The minimum absolute atomic E-state index is 0.357. The summed E-state index contributed by atoms with van der Waals surface area (Å²) < 4.78 is 16.0. The van der Waals surface area contributed by atoms with Crippen LogP contribution < -0.4 is 16.0 Å². The Balaban J connectivity index is 1.72. The molecule has 1 aromatic carbocycles. The molecule has 0 saturated carbocycles. The van der Waals surface area contributed by atoms with Crippen LogP contribution >= 0.6 is 0 Å². The number of carbonyl (C=O) groups excluding carboxylic acids is 1. The number of nitrogens with two attached hydrogens (primary N) is 1. The molecule has 1 aromatic heterocycles. The van der Waals surface area contributed by atoms with Gasteiger partial charge in [-0.2, -0.15) is 0 Å². The second-order valence-electron chi connectivity index (χ2n) is 3.98. The predicted octanol–water partition coefficient (Wildman–Crippen LogP) is 1.48. The molecular formula is C14H16N2O4. The number of nitrogens with one attached hydrogen (secondary N) is 1. The molecule has 0 spiro atoms. The Hall–Kier alpha value is -2.31. The van der Waals surface area contributed by atoms with Gasteiger partial charge in [0.1, 0.15) is 24.7 Å². The third-order valence-electron chi connectivity index (χ3n) is 2.55. The number of hydrazine groups is 1. The lowest BCUT2D eigenvalue weighted by atomic mass is 10.2. The minimum atomic E-state index is -0.357. The molecule has 0 aliphatic heterocycles. The topological polar surface area (TPSA) is 86.7 Å². The van der Waals surface area contributed by atoms with Crippen molar-refractivity contribution < 1.29 is 18.7 Å². The molecule has 6 nitrogen and oxygen atoms in total. The number of benzene rings is 1. The van der Waals surface area contributed by atoms with E-state index in [4.69, 9.17) is 19.7 Å². The monoisotopic (exact) mass is 276 g/mol. The van der Waals surface area contributed by atoms with Gasteiger partial charge in [-0.3, -0.25) is 10.2 Å². The number of amides is 1. The lowest BCUT2D eigenvalue weighted by Crippen LogP contribution is -2.29. The van der Waals surface area contributed by atoms with Gasteiger partial charge < -0.3 is 13.9 Å². The maximum atomic E-state index is 11.3. The quantitative estimate of drug-likeness (QED) is 0.346. The SMILES string of the molecule is NNC(=O)c1cccc(OCCOCc2ccco2)c1. The number of carbonyl (C=O) groups is 1. The summed E-state index contributed by atoms with van der Waals surface area (Å²) >= 11 is 0. The van der Waals surface area contributed by atoms with Crippen molar-refractivity contribution in [2.45, 2.75) is 6.61 Å². The molecule has 0 radical (unpaired) electrons. The highest BCUT2D eigenvalue weighted by atomic mass is 16.5. The first-order chi connectivity index (χ1) is 9.79. The van der Waals surface area contributed by atoms with Gasteiger partial charge in [-0.15, -0.1) is 0 Å². The Kier molecular flexibility index (Phi) is 5.16. The highest BCUT2D eigenvalue weighted by Crippen LogP contribution is 2.13. The van der Waals surface area contributed by atoms with Crippen LogP contribution in [0, 0.1) is 0 Å². The largest absolute Gasteiger partial charge is 0.491 e. The number of hydrogen-bond donors (Lipinski definition) is 2. The number of ether oxygens (including phenoxy) is 2. The van der Waals surface area contributed by atoms with Gasteiger partial charge in [-0.1, -0.05) is 6.07 Å². The Morgan fingerprint density at radius 1 is 1.25 bits per heavy atom. The van der Waals surface area contributed by atoms with Gasteiger partial charge in [0.05, 0.1) is 12.9 Å². The lowest BCUT2D eigenvalue weighted by Gasteiger charge is -2.07. The van der Waals surface area contributed by atoms with Crippen LogP contribution in [0.4, 0.5) is 0 Å². The summed E-state index contributed by atoms with van der Waals surface area (Å²) in [6.07, 6.45) is 1.60. The van der Waals surface area contributed by atoms with Gasteiger partial charge >= 0.3 is 0 Å². The number of hydrogen-bond acceptors (Lipinski definition) is 5. The number of rotatable bonds is 7. The van der Waals surface area contributed by atoms with E-state index in [1.165, 1.54) is 0 Å². The van der Waals surface area contributed by atoms with E-state index in [0.717, 1.165) is 5.76 Å². The fraction of sp³-hybridized carbons (Fsp3) is 0.214. The molecule has 1 amide bonds. The molecular weight excluding hydrogens is 260 g/mol. The molecule has 0 atom stereocenters. The number of nitrogen functional groups attached to an aromatic ring is 1. The average Bonchev–Trinajstić information content (AvgIpc) is 2.99. The Morgan fingerprint density at radius 3 is 2.90 bits per heavy atom. The molecule has 0 aliphatic carbocycles. The molecule has 0 aliphatic rings. The van der Waals surface area contributed by atoms with E-state index in [0.29, 0.717) is 31.1 Å². The van der Waals surface area contributed by atoms with Crippen LogP contribution in [0.15, 0.2) is 47.1 Å². The zero-order chi connectivity index (χ0) is 14.2. The zero-order valence-corrected chi connectivity index (χ0v) is 10.9. The van der Waals surface area contributed by atoms with E-state index in [1.54, 1.807) is 30.5 Å². The van der Waals surface area contributed by atoms with Crippen molar-refractivity contribution in [1.29, 1.82) is 0 Å². The average molecular weight is 276 g/mol. The van der Waals surface area contributed by atoms with Gasteiger partial charge in [0.25, 0.3) is 5.91 Å². The second kappa shape index (κ2) is 7.32. The van der Waals surface area contributed by atoms with Crippen LogP contribution in [-0.2, 0) is 11.3 Å². The molecule has 6 heteroatoms. The first-order valence-corrected chi connectivity index (χ1v) is 6.13. The molecule has 0 bridgehead atoms. The third kappa shape index (κ3) is 4.11. The van der Waals surface area contributed by atoms with Crippen LogP contribution in [-0.4, -0.2) is 19.1 Å². The van der Waals surface area contributed by atoms with Crippen molar-refractivity contribution in [1.82, 2.24) is 5.43 Å². The third-order valence-corrected chi connectivity index (χ3v) is 2.55. The summed E-state index contributed by atoms with van der Waals surface area (Å²) in [5.74, 6) is 6.07. The number of furan rings is 1. The van der Waals surface area contributed by atoms with E-state index in [1.807, 2.05) is 12.1 Å². The van der Waals surface area contributed by atoms with Crippen molar-refractivity contribution in [3.05, 3.63) is 54.0 Å². The van der Waals surface area contributed by atoms with Crippen molar-refractivity contribution in [2.75, 3.05) is 13.2 Å². The van der Waals surface area contributed by atoms with Crippen LogP contribution in [0.2, 0.25) is 0 Å². The van der Waals surface area contributed by atoms with Crippen molar-refractivity contribution in [3.8, 4) is 5.75 Å². The molecule has 0 fully saturated rings. The van der Waals surface area contributed by atoms with E-state index in [9.17, 15) is 4.79 Å². The Labute approximate surface area is 116 Å². The van der Waals surface area contributed by atoms with E-state index in [-0.39, 0.29) is 5.91 Å². The van der Waals surface area contributed by atoms with Crippen LogP contribution in [0.1, 0.15) is 16.1 Å². The molecule has 0 unspecified atom stereocenters. The van der Waals surface area contributed by atoms with Gasteiger partial charge in [-0.05, 0) is 30.3 Å². The summed E-state index contributed by atoms with van der Waals surface area (Å²) in [6, 6.07) is 10.4. The molecule has 106 valence electrons. The summed E-state index contributed by atoms with van der Waals surface area (Å²) in [6.45, 7) is 1.22. The van der Waals surface area contributed by atoms with Gasteiger partial charge in [-0.25, -0.2) is 5.84 Å². The predicted molar refractivity (Wildman–Crippen MR) is 72.0 cm³/mol. The fourth-order valence-electron chi connectivity index (χ4n) is 1.60. The van der Waals surface area contributed by atoms with Crippen molar-refractivity contribution in [3.63, 3.8) is 0 Å². The maximum absolute atomic E-state index is 11.3. The highest BCUT2D eigenvalue weighted by Gasteiger charge is 2.04. The molecule has 1 heterocycles. The summed E-state index contributed by atoms with van der Waals surface area (Å²) in [5, 5.41) is 0. The molecule has 2 aromatic rings. The summed E-state index contributed by atoms with van der Waals surface area (Å²) in [4.78, 5) is 11.3. The van der Waals surface area contributed by atoms with E-state index >= 15 is 0 Å². The van der Waals surface area contributed by atoms with Crippen LogP contribution in [0.5, 0.6) is 5.75 Å². The van der Waals surface area contributed by atoms with Gasteiger partial charge in [0.15, 0.2) is 0 Å². The normalized spacial score (nSPS) is 10.2. The summed E-state index contributed by atoms with van der Waals surface area (Å²) in [7, 11) is 0. The molecule has 3 N–H and O–H groups in total. The smallest absolute Gasteiger partial charge is 0.265 e. The Bertz CT molecular complexity index is 540. The Morgan fingerprint density at radius 2 is 2.15 bits per heavy atom. The van der Waals surface area contributed by atoms with Crippen molar-refractivity contribution in [2.24, 2.45) is 5.84 Å². The van der Waals surface area contributed by atoms with E-state index < -0.39 is 0 Å². The molecule has 20 heavy (non-hydrogen) atoms. The fourth-order valence-corrected chi connectivity index (χ4v) is 1.60. The summed E-state index contributed by atoms with van der Waals surface area (Å²) in [5.41, 5.74) is 2.52. The maximum Gasteiger partial charge on any atom is 0.265 e. The zero-order valence-electron chi connectivity index (χ0n) is 10.9. The molecule has 0 saturated heterocycles. The van der Waals surface area contributed by atoms with Gasteiger partial charge in [0, 0.05) is 5.56 Å². The van der Waals surface area contributed by atoms with Crippen LogP contribution in [0.3, 0.4) is 0 Å². The van der Waals surface area contributed by atoms with Crippen molar-refractivity contribution >= 4 is 5.91 Å². The standard InChI is InChI=1S/C14H16N2O4/c15-16-14(17)11-3-1-4-12(9-11)20-8-7-18-10-13-5-2-6-19-13/h1-6,9H,7-8,10,15H2,(H,16,17). The molecule has 2 rings (SSSR count). The van der Waals surface area contributed by atoms with E-state index in [2.05, 4.69) is 5.43 Å². The minimum Gasteiger partial charge on any atom is -0.491 e. The lowest BCUT2D eigenvalue weighted by molar-refractivity contribution is 0.0780.